The van der Waals surface area contributed by atoms with Gasteiger partial charge in [0, 0.05) is 29.7 Å². The van der Waals surface area contributed by atoms with E-state index in [0.717, 1.165) is 22.0 Å². The van der Waals surface area contributed by atoms with Crippen LogP contribution in [-0.4, -0.2) is 63.5 Å². The molecule has 1 spiro atoms. The molecule has 8 heteroatoms. The highest BCUT2D eigenvalue weighted by atomic mass is 32.2. The van der Waals surface area contributed by atoms with Crippen molar-refractivity contribution >= 4 is 51.6 Å². The van der Waals surface area contributed by atoms with Gasteiger partial charge < -0.3 is 19.8 Å². The maximum absolute atomic E-state index is 15.4. The summed E-state index contributed by atoms with van der Waals surface area (Å²) in [5.41, 5.74) is 2.18. The van der Waals surface area contributed by atoms with Crippen LogP contribution in [0.1, 0.15) is 24.9 Å². The molecule has 3 saturated heterocycles. The van der Waals surface area contributed by atoms with Crippen LogP contribution in [0, 0.1) is 17.8 Å². The van der Waals surface area contributed by atoms with Crippen LogP contribution in [0.3, 0.4) is 0 Å². The Morgan fingerprint density at radius 2 is 1.49 bits per heavy atom. The molecular weight excluding hydrogens is 631 g/mol. The molecule has 0 radical (unpaired) electrons. The molecule has 3 amide bonds. The van der Waals surface area contributed by atoms with Gasteiger partial charge in [-0.1, -0.05) is 97.9 Å². The number of carbonyl (C=O) groups excluding carboxylic acids is 3. The summed E-state index contributed by atoms with van der Waals surface area (Å²) in [4.78, 5) is 50.3. The lowest BCUT2D eigenvalue weighted by atomic mass is 9.65. The number of nitrogens with zero attached hydrogens (tertiary/aromatic N) is 3. The summed E-state index contributed by atoms with van der Waals surface area (Å²) in [6.07, 6.45) is 4.10. The largest absolute Gasteiger partial charge is 0.394 e. The Bertz CT molecular complexity index is 1900. The van der Waals surface area contributed by atoms with Gasteiger partial charge in [-0.2, -0.15) is 0 Å². The van der Waals surface area contributed by atoms with Gasteiger partial charge in [-0.05, 0) is 52.9 Å². The minimum atomic E-state index is -0.929. The smallest absolute Gasteiger partial charge is 0.251 e. The van der Waals surface area contributed by atoms with Crippen molar-refractivity contribution in [1.29, 1.82) is 0 Å². The second-order valence-electron chi connectivity index (χ2n) is 13.2. The van der Waals surface area contributed by atoms with E-state index in [1.807, 2.05) is 103 Å². The maximum Gasteiger partial charge on any atom is 0.251 e. The molecule has 0 saturated carbocycles. The molecular formula is C41H41N3O4S. The second kappa shape index (κ2) is 13.3. The topological polar surface area (TPSA) is 81.2 Å². The number of benzene rings is 4. The van der Waals surface area contributed by atoms with Gasteiger partial charge in [-0.3, -0.25) is 14.4 Å². The molecule has 7 atom stereocenters. The average molecular weight is 672 g/mol. The number of amides is 3. The molecule has 0 aliphatic carbocycles. The summed E-state index contributed by atoms with van der Waals surface area (Å²) in [7, 11) is 0. The molecule has 3 unspecified atom stereocenters. The molecule has 3 aliphatic heterocycles. The van der Waals surface area contributed by atoms with Crippen molar-refractivity contribution in [3.8, 4) is 0 Å². The number of likely N-dealkylation sites (tertiary alicyclic amines) is 1. The van der Waals surface area contributed by atoms with E-state index in [4.69, 9.17) is 0 Å². The lowest BCUT2D eigenvalue weighted by molar-refractivity contribution is -0.142. The molecule has 1 N–H and O–H groups in total. The Hall–Kier alpha value is -4.66. The predicted molar refractivity (Wildman–Crippen MR) is 197 cm³/mol. The van der Waals surface area contributed by atoms with Gasteiger partial charge in [0.15, 0.2) is 0 Å². The lowest BCUT2D eigenvalue weighted by Gasteiger charge is -2.42. The van der Waals surface area contributed by atoms with E-state index in [9.17, 15) is 9.90 Å². The zero-order valence-corrected chi connectivity index (χ0v) is 28.4. The second-order valence-corrected chi connectivity index (χ2v) is 14.8. The first-order valence-corrected chi connectivity index (χ1v) is 17.8. The highest BCUT2D eigenvalue weighted by Crippen LogP contribution is 2.69. The summed E-state index contributed by atoms with van der Waals surface area (Å²) < 4.78 is -0.881. The standard InChI is InChI=1S/C41H41N3O4S/c1-4-22-42(31-18-10-7-11-19-31)38(46)35-34-24-27(3)41(49-34)36(35)39(47)44(33(26-45)29-15-8-6-9-16-29)37(41)40(48)43(23-5-2)32-21-20-28-14-12-13-17-30(28)25-32/h4-21,25,27,33-37,45H,1-2,22-24,26H2,3H3/t27?,33-,34+,35-,36+,37?,41?/m1/s1. The van der Waals surface area contributed by atoms with Gasteiger partial charge >= 0.3 is 0 Å². The van der Waals surface area contributed by atoms with Crippen molar-refractivity contribution in [2.24, 2.45) is 17.8 Å². The Labute approximate surface area is 291 Å². The normalized spacial score (nSPS) is 26.0. The monoisotopic (exact) mass is 671 g/mol. The molecule has 7 nitrogen and oxygen atoms in total. The summed E-state index contributed by atoms with van der Waals surface area (Å²) >= 11 is 1.63. The van der Waals surface area contributed by atoms with Crippen molar-refractivity contribution in [3.63, 3.8) is 0 Å². The number of hydrogen-bond donors (Lipinski definition) is 1. The zero-order chi connectivity index (χ0) is 34.3. The van der Waals surface area contributed by atoms with Gasteiger partial charge in [0.2, 0.25) is 11.8 Å². The van der Waals surface area contributed by atoms with Gasteiger partial charge in [-0.15, -0.1) is 24.9 Å². The molecule has 250 valence electrons. The van der Waals surface area contributed by atoms with Crippen molar-refractivity contribution < 1.29 is 19.5 Å². The van der Waals surface area contributed by atoms with E-state index in [2.05, 4.69) is 20.1 Å². The fraction of sp³-hybridized carbons (Fsp3) is 0.293. The summed E-state index contributed by atoms with van der Waals surface area (Å²) in [5.74, 6) is -2.06. The average Bonchev–Trinajstić information content (AvgIpc) is 3.73. The van der Waals surface area contributed by atoms with Gasteiger partial charge in [0.05, 0.1) is 29.2 Å². The number of aliphatic hydroxyl groups excluding tert-OH is 1. The van der Waals surface area contributed by atoms with Crippen molar-refractivity contribution in [2.75, 3.05) is 29.5 Å². The molecule has 3 fully saturated rings. The third-order valence-electron chi connectivity index (χ3n) is 10.7. The van der Waals surface area contributed by atoms with E-state index >= 15 is 9.59 Å². The third-order valence-corrected chi connectivity index (χ3v) is 12.7. The number of fused-ring (bicyclic) bond motifs is 2. The number of anilines is 2. The first kappa shape index (κ1) is 32.9. The molecule has 4 aromatic carbocycles. The van der Waals surface area contributed by atoms with E-state index in [-0.39, 0.29) is 42.0 Å². The minimum Gasteiger partial charge on any atom is -0.394 e. The van der Waals surface area contributed by atoms with E-state index in [1.165, 1.54) is 0 Å². The van der Waals surface area contributed by atoms with Crippen LogP contribution in [0.15, 0.2) is 128 Å². The summed E-state index contributed by atoms with van der Waals surface area (Å²) in [5, 5.41) is 12.9. The van der Waals surface area contributed by atoms with Crippen LogP contribution < -0.4 is 9.80 Å². The van der Waals surface area contributed by atoms with Crippen LogP contribution in [0.4, 0.5) is 11.4 Å². The number of thioether (sulfide) groups is 1. The summed E-state index contributed by atoms with van der Waals surface area (Å²) in [6.45, 7) is 10.2. The maximum atomic E-state index is 15.4. The van der Waals surface area contributed by atoms with Gasteiger partial charge in [0.25, 0.3) is 5.91 Å². The van der Waals surface area contributed by atoms with Crippen LogP contribution in [-0.2, 0) is 14.4 Å². The highest BCUT2D eigenvalue weighted by molar-refractivity contribution is 8.02. The van der Waals surface area contributed by atoms with Crippen LogP contribution in [0.2, 0.25) is 0 Å². The number of rotatable bonds is 11. The Morgan fingerprint density at radius 1 is 0.878 bits per heavy atom. The van der Waals surface area contributed by atoms with Gasteiger partial charge in [0.1, 0.15) is 6.04 Å². The van der Waals surface area contributed by atoms with Crippen molar-refractivity contribution in [1.82, 2.24) is 4.90 Å². The Kier molecular flexibility index (Phi) is 8.94. The number of para-hydroxylation sites is 1. The minimum absolute atomic E-state index is 0.0404. The van der Waals surface area contributed by atoms with Crippen LogP contribution in [0.5, 0.6) is 0 Å². The molecule has 7 rings (SSSR count). The zero-order valence-electron chi connectivity index (χ0n) is 27.6. The van der Waals surface area contributed by atoms with E-state index in [0.29, 0.717) is 18.7 Å². The van der Waals surface area contributed by atoms with Crippen LogP contribution in [0.25, 0.3) is 10.8 Å². The predicted octanol–water partition coefficient (Wildman–Crippen LogP) is 6.65. The highest BCUT2D eigenvalue weighted by Gasteiger charge is 2.77. The van der Waals surface area contributed by atoms with E-state index in [1.54, 1.807) is 38.6 Å². The molecule has 4 aromatic rings. The summed E-state index contributed by atoms with van der Waals surface area (Å²) in [6, 6.07) is 31.1. The molecule has 3 aliphatic rings. The number of carbonyl (C=O) groups is 3. The van der Waals surface area contributed by atoms with Crippen LogP contribution >= 0.6 is 11.8 Å². The third kappa shape index (κ3) is 5.29. The molecule has 3 heterocycles. The quantitative estimate of drug-likeness (QED) is 0.181. The van der Waals surface area contributed by atoms with E-state index < -0.39 is 28.7 Å². The fourth-order valence-electron chi connectivity index (χ4n) is 8.57. The Morgan fingerprint density at radius 3 is 2.14 bits per heavy atom. The SMILES string of the molecule is C=CCN(C(=O)C1N([C@H](CO)c2ccccc2)C(=O)[C@@H]2[C@H](C(=O)N(CC=C)c3ccccc3)[C@@H]3CC(C)C12S3)c1ccc2ccccc2c1. The molecule has 49 heavy (non-hydrogen) atoms. The van der Waals surface area contributed by atoms with Crippen molar-refractivity contribution in [3.05, 3.63) is 134 Å². The first-order valence-electron chi connectivity index (χ1n) is 16.9. The fourth-order valence-corrected chi connectivity index (χ4v) is 11.0. The van der Waals surface area contributed by atoms with Crippen molar-refractivity contribution in [2.45, 2.75) is 35.4 Å². The number of hydrogen-bond acceptors (Lipinski definition) is 5. The first-order chi connectivity index (χ1) is 23.8. The lowest BCUT2D eigenvalue weighted by Crippen LogP contribution is -2.58. The van der Waals surface area contributed by atoms with Gasteiger partial charge in [-0.25, -0.2) is 0 Å². The molecule has 2 bridgehead atoms. The Balaban J connectivity index is 1.37. The molecule has 0 aromatic heterocycles. The number of aliphatic hydroxyl groups is 1.